The molecule has 13 heteroatoms. The number of ether oxygens (including phenoxy) is 1. The van der Waals surface area contributed by atoms with E-state index in [9.17, 15) is 32.7 Å². The van der Waals surface area contributed by atoms with Crippen LogP contribution in [0.1, 0.15) is 32.6 Å². The molecule has 4 N–H and O–H groups in total. The van der Waals surface area contributed by atoms with Crippen molar-refractivity contribution in [3.63, 3.8) is 0 Å². The van der Waals surface area contributed by atoms with Gasteiger partial charge >= 0.3 is 12.1 Å². The van der Waals surface area contributed by atoms with Crippen LogP contribution in [-0.4, -0.2) is 50.5 Å². The van der Waals surface area contributed by atoms with Gasteiger partial charge in [0.15, 0.2) is 0 Å². The highest BCUT2D eigenvalue weighted by Crippen LogP contribution is 2.35. The average molecular weight is 545 g/mol. The van der Waals surface area contributed by atoms with Crippen molar-refractivity contribution in [3.8, 4) is 0 Å². The SMILES string of the molecule is CCC(=O)NC(=NC(=O)OC)Nc1ccc(NC(=O)C2CCCC2C(=O)O)c(S(=O)(=O)c2ccccc2)c1. The number of methoxy groups -OCH3 is 1. The van der Waals surface area contributed by atoms with Crippen molar-refractivity contribution >= 4 is 51.0 Å². The van der Waals surface area contributed by atoms with Crippen molar-refractivity contribution in [3.05, 3.63) is 48.5 Å². The molecule has 0 saturated heterocycles. The Morgan fingerprint density at radius 2 is 1.71 bits per heavy atom. The van der Waals surface area contributed by atoms with E-state index < -0.39 is 45.5 Å². The number of hydrogen-bond donors (Lipinski definition) is 4. The largest absolute Gasteiger partial charge is 0.481 e. The molecule has 38 heavy (non-hydrogen) atoms. The van der Waals surface area contributed by atoms with Crippen LogP contribution < -0.4 is 16.0 Å². The molecule has 1 fully saturated rings. The van der Waals surface area contributed by atoms with Gasteiger partial charge in [0.1, 0.15) is 0 Å². The first-order chi connectivity index (χ1) is 18.1. The van der Waals surface area contributed by atoms with Gasteiger partial charge in [0.2, 0.25) is 27.6 Å². The van der Waals surface area contributed by atoms with Gasteiger partial charge < -0.3 is 20.5 Å². The summed E-state index contributed by atoms with van der Waals surface area (Å²) >= 11 is 0. The zero-order valence-corrected chi connectivity index (χ0v) is 21.6. The molecule has 2 aromatic rings. The number of sulfone groups is 1. The molecule has 0 aliphatic heterocycles. The lowest BCUT2D eigenvalue weighted by molar-refractivity contribution is -0.145. The Hall–Kier alpha value is -4.26. The molecule has 2 aromatic carbocycles. The smallest absolute Gasteiger partial charge is 0.436 e. The first-order valence-corrected chi connectivity index (χ1v) is 13.3. The second-order valence-corrected chi connectivity index (χ2v) is 10.4. The van der Waals surface area contributed by atoms with Gasteiger partial charge in [-0.05, 0) is 43.2 Å². The molecule has 3 rings (SSSR count). The third-order valence-corrected chi connectivity index (χ3v) is 7.78. The van der Waals surface area contributed by atoms with Crippen LogP contribution in [0.3, 0.4) is 0 Å². The molecular weight excluding hydrogens is 516 g/mol. The fraction of sp³-hybridized carbons (Fsp3) is 0.320. The van der Waals surface area contributed by atoms with Gasteiger partial charge in [0, 0.05) is 12.1 Å². The first kappa shape index (κ1) is 28.3. The zero-order valence-electron chi connectivity index (χ0n) is 20.8. The first-order valence-electron chi connectivity index (χ1n) is 11.8. The number of guanidine groups is 1. The van der Waals surface area contributed by atoms with Gasteiger partial charge in [-0.3, -0.25) is 19.7 Å². The molecule has 0 aromatic heterocycles. The lowest BCUT2D eigenvalue weighted by atomic mass is 9.95. The standard InChI is InChI=1S/C25H28N4O8S/c1-3-21(30)28-24(29-25(34)37-2)26-15-12-13-19(27-22(31)17-10-7-11-18(17)23(32)33)20(14-15)38(35,36)16-8-5-4-6-9-16/h4-6,8-9,12-14,17-18H,3,7,10-11H2,1-2H3,(H,27,31)(H,32,33)(H2,26,28,29,30,34). The molecule has 0 heterocycles. The van der Waals surface area contributed by atoms with Crippen LogP contribution in [0.2, 0.25) is 0 Å². The highest BCUT2D eigenvalue weighted by molar-refractivity contribution is 7.91. The summed E-state index contributed by atoms with van der Waals surface area (Å²) in [5.41, 5.74) is 0.0744. The van der Waals surface area contributed by atoms with E-state index in [1.165, 1.54) is 30.3 Å². The Labute approximate surface area is 219 Å². The van der Waals surface area contributed by atoms with Crippen molar-refractivity contribution in [2.45, 2.75) is 42.4 Å². The summed E-state index contributed by atoms with van der Waals surface area (Å²) in [4.78, 5) is 51.4. The van der Waals surface area contributed by atoms with Crippen molar-refractivity contribution in [1.82, 2.24) is 5.32 Å². The van der Waals surface area contributed by atoms with E-state index in [0.717, 1.165) is 7.11 Å². The normalized spacial score (nSPS) is 17.4. The van der Waals surface area contributed by atoms with Gasteiger partial charge in [-0.2, -0.15) is 0 Å². The molecule has 202 valence electrons. The van der Waals surface area contributed by atoms with Crippen LogP contribution in [0.4, 0.5) is 16.2 Å². The summed E-state index contributed by atoms with van der Waals surface area (Å²) in [7, 11) is -3.07. The minimum Gasteiger partial charge on any atom is -0.481 e. The Morgan fingerprint density at radius 3 is 2.34 bits per heavy atom. The van der Waals surface area contributed by atoms with Crippen LogP contribution in [0.25, 0.3) is 0 Å². The van der Waals surface area contributed by atoms with Gasteiger partial charge in [0.25, 0.3) is 0 Å². The number of aliphatic carboxylic acids is 1. The highest BCUT2D eigenvalue weighted by atomic mass is 32.2. The summed E-state index contributed by atoms with van der Waals surface area (Å²) < 4.78 is 31.6. The molecule has 3 amide bonds. The van der Waals surface area contributed by atoms with Gasteiger partial charge in [-0.1, -0.05) is 31.5 Å². The van der Waals surface area contributed by atoms with Crippen LogP contribution in [0.15, 0.2) is 63.3 Å². The highest BCUT2D eigenvalue weighted by Gasteiger charge is 2.38. The Morgan fingerprint density at radius 1 is 1.03 bits per heavy atom. The van der Waals surface area contributed by atoms with Crippen LogP contribution in [-0.2, 0) is 29.0 Å². The third kappa shape index (κ3) is 6.73. The van der Waals surface area contributed by atoms with E-state index in [1.54, 1.807) is 25.1 Å². The fourth-order valence-corrected chi connectivity index (χ4v) is 5.49. The Bertz CT molecular complexity index is 1360. The van der Waals surface area contributed by atoms with E-state index >= 15 is 0 Å². The van der Waals surface area contributed by atoms with Gasteiger partial charge in [-0.25, -0.2) is 13.2 Å². The van der Waals surface area contributed by atoms with E-state index in [2.05, 4.69) is 25.7 Å². The summed E-state index contributed by atoms with van der Waals surface area (Å²) in [5.74, 6) is -4.09. The summed E-state index contributed by atoms with van der Waals surface area (Å²) in [6.45, 7) is 1.59. The lowest BCUT2D eigenvalue weighted by Crippen LogP contribution is -2.36. The predicted octanol–water partition coefficient (Wildman–Crippen LogP) is 3.02. The summed E-state index contributed by atoms with van der Waals surface area (Å²) in [6, 6.07) is 11.5. The van der Waals surface area contributed by atoms with Gasteiger partial charge in [-0.15, -0.1) is 4.99 Å². The molecule has 1 aliphatic carbocycles. The molecule has 12 nitrogen and oxygen atoms in total. The van der Waals surface area contributed by atoms with E-state index in [0.29, 0.717) is 19.3 Å². The maximum Gasteiger partial charge on any atom is 0.436 e. The predicted molar refractivity (Wildman–Crippen MR) is 137 cm³/mol. The Balaban J connectivity index is 2.03. The molecule has 2 atom stereocenters. The number of nitrogens with one attached hydrogen (secondary N) is 3. The lowest BCUT2D eigenvalue weighted by Gasteiger charge is -2.19. The topological polar surface area (TPSA) is 180 Å². The van der Waals surface area contributed by atoms with Gasteiger partial charge in [0.05, 0.1) is 34.4 Å². The number of nitrogens with zero attached hydrogens (tertiary/aromatic N) is 1. The minimum atomic E-state index is -4.17. The van der Waals surface area contributed by atoms with E-state index in [4.69, 9.17) is 0 Å². The van der Waals surface area contributed by atoms with Crippen LogP contribution >= 0.6 is 0 Å². The molecule has 1 saturated carbocycles. The zero-order chi connectivity index (χ0) is 27.9. The molecule has 0 spiro atoms. The number of carboxylic acid groups (broad SMARTS) is 1. The molecular formula is C25H28N4O8S. The van der Waals surface area contributed by atoms with Crippen molar-refractivity contribution < 1.29 is 37.4 Å². The number of benzene rings is 2. The molecule has 2 unspecified atom stereocenters. The average Bonchev–Trinajstić information content (AvgIpc) is 3.40. The quantitative estimate of drug-likeness (QED) is 0.301. The van der Waals surface area contributed by atoms with E-state index in [-0.39, 0.29) is 33.5 Å². The molecule has 1 aliphatic rings. The number of carboxylic acids is 1. The van der Waals surface area contributed by atoms with E-state index in [1.807, 2.05) is 0 Å². The number of rotatable bonds is 7. The Kier molecular flexibility index (Phi) is 9.18. The molecule has 0 bridgehead atoms. The van der Waals surface area contributed by atoms with Crippen LogP contribution in [0.5, 0.6) is 0 Å². The number of aliphatic imine (C=N–C) groups is 1. The number of carbonyl (C=O) groups is 4. The summed E-state index contributed by atoms with van der Waals surface area (Å²) in [6.07, 6.45) is 0.373. The van der Waals surface area contributed by atoms with Crippen LogP contribution in [0, 0.1) is 11.8 Å². The monoisotopic (exact) mass is 544 g/mol. The van der Waals surface area contributed by atoms with Crippen molar-refractivity contribution in [2.24, 2.45) is 16.8 Å². The number of hydrogen-bond acceptors (Lipinski definition) is 7. The van der Waals surface area contributed by atoms with Crippen molar-refractivity contribution in [1.29, 1.82) is 0 Å². The second-order valence-electron chi connectivity index (χ2n) is 8.46. The summed E-state index contributed by atoms with van der Waals surface area (Å²) in [5, 5.41) is 17.1. The number of anilines is 2. The minimum absolute atomic E-state index is 0.0420. The fourth-order valence-electron chi connectivity index (χ4n) is 4.03. The molecule has 0 radical (unpaired) electrons. The van der Waals surface area contributed by atoms with Crippen molar-refractivity contribution in [2.75, 3.05) is 17.7 Å². The number of carbonyl (C=O) groups excluding carboxylic acids is 3. The number of amides is 3. The second kappa shape index (κ2) is 12.3. The maximum absolute atomic E-state index is 13.6. The maximum atomic E-state index is 13.6. The third-order valence-electron chi connectivity index (χ3n) is 5.97.